The zero-order valence-corrected chi connectivity index (χ0v) is 15.4. The van der Waals surface area contributed by atoms with Crippen LogP contribution in [0.3, 0.4) is 0 Å². The van der Waals surface area contributed by atoms with Crippen molar-refractivity contribution in [1.29, 1.82) is 0 Å². The minimum Gasteiger partial charge on any atom is -0.294 e. The van der Waals surface area contributed by atoms with Crippen molar-refractivity contribution in [3.63, 3.8) is 0 Å². The number of ketones is 1. The van der Waals surface area contributed by atoms with Gasteiger partial charge in [0.25, 0.3) is 0 Å². The summed E-state index contributed by atoms with van der Waals surface area (Å²) in [5.41, 5.74) is 3.57. The molecule has 1 heterocycles. The molecule has 0 spiro atoms. The molecule has 0 fully saturated rings. The van der Waals surface area contributed by atoms with E-state index in [-0.39, 0.29) is 5.78 Å². The fourth-order valence-electron chi connectivity index (χ4n) is 2.67. The van der Waals surface area contributed by atoms with Gasteiger partial charge in [-0.3, -0.25) is 4.79 Å². The van der Waals surface area contributed by atoms with E-state index < -0.39 is 10.2 Å². The molecule has 0 atom stereocenters. The molecule has 0 bridgehead atoms. The number of benzene rings is 2. The summed E-state index contributed by atoms with van der Waals surface area (Å²) in [7, 11) is -4.94. The van der Waals surface area contributed by atoms with E-state index in [0.717, 1.165) is 22.5 Å². The summed E-state index contributed by atoms with van der Waals surface area (Å²) in [6.45, 7) is 3.42. The molecule has 0 N–H and O–H groups in total. The second-order valence-electron chi connectivity index (χ2n) is 5.62. The highest BCUT2D eigenvalue weighted by molar-refractivity contribution is 6.02. The Morgan fingerprint density at radius 3 is 1.74 bits per heavy atom. The largest absolute Gasteiger partial charge is 0.360 e. The maximum Gasteiger partial charge on any atom is 0.360 e. The van der Waals surface area contributed by atoms with Gasteiger partial charge in [-0.25, -0.2) is 23.1 Å². The van der Waals surface area contributed by atoms with Gasteiger partial charge in [0.1, 0.15) is 5.56 Å². The van der Waals surface area contributed by atoms with Gasteiger partial charge in [-0.1, -0.05) is 48.5 Å². The van der Waals surface area contributed by atoms with Gasteiger partial charge in [0, 0.05) is 5.56 Å². The number of carbonyl (C=O) groups excluding carboxylic acids is 1. The number of hydrogen-bond donors (Lipinski definition) is 0. The smallest absolute Gasteiger partial charge is 0.294 e. The quantitative estimate of drug-likeness (QED) is 0.479. The predicted molar refractivity (Wildman–Crippen MR) is 88.7 cm³/mol. The molecule has 3 rings (SSSR count). The maximum absolute atomic E-state index is 12.0. The Hall–Kier alpha value is -2.61. The van der Waals surface area contributed by atoms with Crippen molar-refractivity contribution in [3.8, 4) is 22.5 Å². The zero-order valence-electron chi connectivity index (χ0n) is 14.7. The highest BCUT2D eigenvalue weighted by Gasteiger charge is 2.25. The highest BCUT2D eigenvalue weighted by Crippen LogP contribution is 2.32. The van der Waals surface area contributed by atoms with Crippen molar-refractivity contribution in [1.82, 2.24) is 0 Å². The van der Waals surface area contributed by atoms with Crippen LogP contribution in [0.2, 0.25) is 0 Å². The van der Waals surface area contributed by atoms with Crippen molar-refractivity contribution in [3.05, 3.63) is 78.1 Å². The van der Waals surface area contributed by atoms with Crippen molar-refractivity contribution in [2.45, 2.75) is 13.8 Å². The second-order valence-corrected chi connectivity index (χ2v) is 6.38. The van der Waals surface area contributed by atoms with Crippen LogP contribution < -0.4 is 18.6 Å². The summed E-state index contributed by atoms with van der Waals surface area (Å²) < 4.78 is 39.9. The van der Waals surface area contributed by atoms with E-state index in [1.165, 1.54) is 0 Å². The van der Waals surface area contributed by atoms with Crippen LogP contribution in [0.5, 0.6) is 0 Å². The van der Waals surface area contributed by atoms with Crippen LogP contribution in [0, 0.1) is 17.2 Å². The van der Waals surface area contributed by atoms with Crippen LogP contribution in [-0.2, 0) is 0 Å². The molecule has 140 valence electrons. The molecule has 6 nitrogen and oxygen atoms in total. The SMILES string of the molecule is CC(=O)c1c(-c2ccccc2)cc(-c2ccccc2)[o+]c1C.[O-][Cl+3]([O-])([O-])[O-]. The van der Waals surface area contributed by atoms with E-state index in [0.29, 0.717) is 11.3 Å². The summed E-state index contributed by atoms with van der Waals surface area (Å²) >= 11 is 0. The number of Topliss-reactive ketones (excluding diaryl/α,β-unsaturated/α-hetero) is 1. The highest BCUT2D eigenvalue weighted by atomic mass is 35.7. The maximum atomic E-state index is 12.0. The third-order valence-corrected chi connectivity index (χ3v) is 3.66. The predicted octanol–water partition coefficient (Wildman–Crippen LogP) is 0.650. The van der Waals surface area contributed by atoms with Gasteiger partial charge in [-0.15, -0.1) is 10.2 Å². The fourth-order valence-corrected chi connectivity index (χ4v) is 2.67. The molecule has 2 aromatic carbocycles. The molecule has 0 aliphatic carbocycles. The molecule has 0 aliphatic rings. The molecule has 1 aromatic heterocycles. The number of carbonyl (C=O) groups is 1. The number of hydrogen-bond acceptors (Lipinski definition) is 5. The Morgan fingerprint density at radius 1 is 0.852 bits per heavy atom. The van der Waals surface area contributed by atoms with E-state index in [1.807, 2.05) is 73.7 Å². The molecule has 0 saturated carbocycles. The first-order valence-electron chi connectivity index (χ1n) is 7.88. The standard InChI is InChI=1S/C20H17O2.ClHO4/c1-14(21)20-15(2)22-19(17-11-7-4-8-12-17)13-18(20)16-9-5-3-6-10-16;2-1(3,4)5/h3-13H,1-2H3;(H,2,3,4,5)/q+1;/p-1. The summed E-state index contributed by atoms with van der Waals surface area (Å²) in [6, 6.07) is 21.8. The fraction of sp³-hybridized carbons (Fsp3) is 0.100. The first-order chi connectivity index (χ1) is 12.7. The zero-order chi connectivity index (χ0) is 20.0. The van der Waals surface area contributed by atoms with Crippen LogP contribution in [0.15, 0.2) is 71.1 Å². The lowest BCUT2D eigenvalue weighted by Gasteiger charge is -2.17. The molecule has 0 unspecified atom stereocenters. The molecule has 0 aliphatic heterocycles. The third kappa shape index (κ3) is 6.25. The van der Waals surface area contributed by atoms with Gasteiger partial charge in [-0.2, -0.15) is 0 Å². The van der Waals surface area contributed by atoms with Gasteiger partial charge in [-0.05, 0) is 24.6 Å². The lowest BCUT2D eigenvalue weighted by Crippen LogP contribution is -2.68. The number of rotatable bonds is 3. The first kappa shape index (κ1) is 20.7. The topological polar surface area (TPSA) is 121 Å². The number of halogens is 1. The van der Waals surface area contributed by atoms with E-state index in [4.69, 9.17) is 23.1 Å². The summed E-state index contributed by atoms with van der Waals surface area (Å²) in [5, 5.41) is 0. The van der Waals surface area contributed by atoms with E-state index in [9.17, 15) is 4.79 Å². The van der Waals surface area contributed by atoms with Crippen molar-refractivity contribution >= 4 is 5.78 Å². The summed E-state index contributed by atoms with van der Waals surface area (Å²) in [4.78, 5) is 12.0. The van der Waals surface area contributed by atoms with Crippen molar-refractivity contribution < 1.29 is 38.1 Å². The Balaban J connectivity index is 0.000000465. The Bertz CT molecular complexity index is 899. The lowest BCUT2D eigenvalue weighted by atomic mass is 9.96. The first-order valence-corrected chi connectivity index (χ1v) is 9.11. The van der Waals surface area contributed by atoms with E-state index in [2.05, 4.69) is 0 Å². The van der Waals surface area contributed by atoms with Gasteiger partial charge in [0.2, 0.25) is 0 Å². The average Bonchev–Trinajstić information content (AvgIpc) is 2.61. The van der Waals surface area contributed by atoms with Crippen LogP contribution in [-0.4, -0.2) is 5.78 Å². The molecular weight excluding hydrogens is 372 g/mol. The third-order valence-electron chi connectivity index (χ3n) is 3.66. The second kappa shape index (κ2) is 8.85. The van der Waals surface area contributed by atoms with Crippen LogP contribution in [0.4, 0.5) is 0 Å². The Kier molecular flexibility index (Phi) is 6.79. The summed E-state index contributed by atoms with van der Waals surface area (Å²) in [6.07, 6.45) is 0. The van der Waals surface area contributed by atoms with E-state index >= 15 is 0 Å². The van der Waals surface area contributed by atoms with Crippen LogP contribution in [0.1, 0.15) is 23.0 Å². The average molecular weight is 389 g/mol. The Labute approximate surface area is 158 Å². The molecular formula is C20H17ClO6. The van der Waals surface area contributed by atoms with Gasteiger partial charge in [0.15, 0.2) is 5.78 Å². The van der Waals surface area contributed by atoms with E-state index in [1.54, 1.807) is 6.92 Å². The Morgan fingerprint density at radius 2 is 1.30 bits per heavy atom. The molecule has 0 saturated heterocycles. The normalized spacial score (nSPS) is 10.7. The minimum absolute atomic E-state index is 0.0136. The minimum atomic E-state index is -4.94. The summed E-state index contributed by atoms with van der Waals surface area (Å²) in [5.74, 6) is 1.43. The van der Waals surface area contributed by atoms with Crippen LogP contribution >= 0.6 is 0 Å². The van der Waals surface area contributed by atoms with Gasteiger partial charge >= 0.3 is 11.5 Å². The molecule has 0 amide bonds. The molecule has 7 heteroatoms. The van der Waals surface area contributed by atoms with Crippen LogP contribution in [0.25, 0.3) is 22.5 Å². The van der Waals surface area contributed by atoms with Gasteiger partial charge in [0.05, 0.1) is 18.6 Å². The van der Waals surface area contributed by atoms with Gasteiger partial charge < -0.3 is 0 Å². The monoisotopic (exact) mass is 388 g/mol. The lowest BCUT2D eigenvalue weighted by molar-refractivity contribution is -2.00. The molecule has 0 radical (unpaired) electrons. The molecule has 3 aromatic rings. The van der Waals surface area contributed by atoms with Crippen molar-refractivity contribution in [2.75, 3.05) is 0 Å². The molecule has 27 heavy (non-hydrogen) atoms. The number of aryl methyl sites for hydroxylation is 1. The van der Waals surface area contributed by atoms with Crippen molar-refractivity contribution in [2.24, 2.45) is 0 Å².